The number of nitrogens with zero attached hydrogens (tertiary/aromatic N) is 3. The summed E-state index contributed by atoms with van der Waals surface area (Å²) in [5, 5.41) is 21.7. The number of para-hydroxylation sites is 1. The second-order valence-electron chi connectivity index (χ2n) is 11.9. The molecule has 0 amide bonds. The van der Waals surface area contributed by atoms with Crippen molar-refractivity contribution < 1.29 is 19.8 Å². The Kier molecular flexibility index (Phi) is 12.2. The molecule has 0 aliphatic heterocycles. The molecule has 0 atom stereocenters. The van der Waals surface area contributed by atoms with Gasteiger partial charge >= 0.3 is 11.9 Å². The number of rotatable bonds is 17. The molecule has 0 spiro atoms. The number of hydrogen-bond acceptors (Lipinski definition) is 6. The predicted octanol–water partition coefficient (Wildman–Crippen LogP) is 8.63. The van der Waals surface area contributed by atoms with Crippen molar-refractivity contribution in [3.8, 4) is 11.3 Å². The number of aliphatic carboxylic acids is 2. The monoisotopic (exact) mass is 627 g/mol. The van der Waals surface area contributed by atoms with E-state index in [1.54, 1.807) is 29.2 Å². The third kappa shape index (κ3) is 9.41. The SMILES string of the molecule is CCCC(CCC)c1ccc(N(Cc2ccc(-c3csc(CN(CC(=O)O)c4ccccc4CC(=O)O)n3)cc2)C(C)C)cc1. The fourth-order valence-electron chi connectivity index (χ4n) is 5.86. The molecule has 0 saturated carbocycles. The van der Waals surface area contributed by atoms with Gasteiger partial charge in [-0.1, -0.05) is 81.3 Å². The van der Waals surface area contributed by atoms with Gasteiger partial charge in [-0.15, -0.1) is 11.3 Å². The lowest BCUT2D eigenvalue weighted by Crippen LogP contribution is -2.30. The summed E-state index contributed by atoms with van der Waals surface area (Å²) in [5.74, 6) is -1.32. The summed E-state index contributed by atoms with van der Waals surface area (Å²) in [6, 6.07) is 25.0. The van der Waals surface area contributed by atoms with Gasteiger partial charge in [-0.05, 0) is 67.5 Å². The zero-order chi connectivity index (χ0) is 32.3. The number of aromatic nitrogens is 1. The zero-order valence-electron chi connectivity index (χ0n) is 26.8. The van der Waals surface area contributed by atoms with Crippen molar-refractivity contribution in [2.75, 3.05) is 16.3 Å². The Morgan fingerprint density at radius 1 is 0.844 bits per heavy atom. The van der Waals surface area contributed by atoms with E-state index in [1.807, 2.05) is 5.38 Å². The van der Waals surface area contributed by atoms with Gasteiger partial charge in [0.15, 0.2) is 0 Å². The molecule has 4 rings (SSSR count). The van der Waals surface area contributed by atoms with Crippen LogP contribution >= 0.6 is 11.3 Å². The average Bonchev–Trinajstić information content (AvgIpc) is 3.48. The molecule has 4 aromatic rings. The van der Waals surface area contributed by atoms with E-state index in [4.69, 9.17) is 4.98 Å². The van der Waals surface area contributed by atoms with E-state index in [9.17, 15) is 19.8 Å². The van der Waals surface area contributed by atoms with Crippen LogP contribution in [0.4, 0.5) is 11.4 Å². The van der Waals surface area contributed by atoms with Crippen LogP contribution < -0.4 is 9.80 Å². The van der Waals surface area contributed by atoms with Gasteiger partial charge in [0.2, 0.25) is 0 Å². The highest BCUT2D eigenvalue weighted by Crippen LogP contribution is 2.30. The van der Waals surface area contributed by atoms with E-state index in [0.717, 1.165) is 22.8 Å². The van der Waals surface area contributed by atoms with Gasteiger partial charge in [-0.25, -0.2) is 4.98 Å². The zero-order valence-corrected chi connectivity index (χ0v) is 27.6. The molecular formula is C37H45N3O4S. The minimum Gasteiger partial charge on any atom is -0.481 e. The van der Waals surface area contributed by atoms with E-state index >= 15 is 0 Å². The van der Waals surface area contributed by atoms with Crippen LogP contribution in [0.25, 0.3) is 11.3 Å². The van der Waals surface area contributed by atoms with Gasteiger partial charge in [0.1, 0.15) is 11.6 Å². The summed E-state index contributed by atoms with van der Waals surface area (Å²) in [6.07, 6.45) is 4.69. The molecule has 45 heavy (non-hydrogen) atoms. The molecule has 0 bridgehead atoms. The lowest BCUT2D eigenvalue weighted by molar-refractivity contribution is -0.136. The number of carboxylic acids is 2. The largest absolute Gasteiger partial charge is 0.481 e. The van der Waals surface area contributed by atoms with Crippen LogP contribution in [0, 0.1) is 0 Å². The van der Waals surface area contributed by atoms with Gasteiger partial charge in [0, 0.05) is 34.9 Å². The Bertz CT molecular complexity index is 1530. The summed E-state index contributed by atoms with van der Waals surface area (Å²) < 4.78 is 0. The summed E-state index contributed by atoms with van der Waals surface area (Å²) in [6.45, 7) is 9.79. The van der Waals surface area contributed by atoms with E-state index < -0.39 is 11.9 Å². The van der Waals surface area contributed by atoms with Crippen molar-refractivity contribution in [3.05, 3.63) is 99.9 Å². The molecule has 0 aliphatic carbocycles. The normalized spacial score (nSPS) is 11.2. The number of hydrogen-bond donors (Lipinski definition) is 2. The molecule has 0 aliphatic rings. The van der Waals surface area contributed by atoms with Gasteiger partial charge in [-0.2, -0.15) is 0 Å². The van der Waals surface area contributed by atoms with Crippen LogP contribution in [-0.4, -0.2) is 39.7 Å². The van der Waals surface area contributed by atoms with Crippen LogP contribution in [0.3, 0.4) is 0 Å². The molecule has 1 aromatic heterocycles. The van der Waals surface area contributed by atoms with Crippen molar-refractivity contribution in [1.29, 1.82) is 0 Å². The van der Waals surface area contributed by atoms with Crippen LogP contribution in [-0.2, 0) is 29.1 Å². The van der Waals surface area contributed by atoms with E-state index in [2.05, 4.69) is 81.1 Å². The highest BCUT2D eigenvalue weighted by Gasteiger charge is 2.19. The first-order chi connectivity index (χ1) is 21.7. The summed E-state index contributed by atoms with van der Waals surface area (Å²) in [5.41, 5.74) is 6.87. The Balaban J connectivity index is 1.47. The maximum Gasteiger partial charge on any atom is 0.323 e. The average molecular weight is 628 g/mol. The van der Waals surface area contributed by atoms with Gasteiger partial charge in [-0.3, -0.25) is 9.59 Å². The molecule has 0 fully saturated rings. The molecular weight excluding hydrogens is 582 g/mol. The number of carboxylic acid groups (broad SMARTS) is 2. The molecule has 238 valence electrons. The first kappa shape index (κ1) is 33.7. The Labute approximate surface area is 271 Å². The van der Waals surface area contributed by atoms with E-state index in [-0.39, 0.29) is 19.5 Å². The summed E-state index contributed by atoms with van der Waals surface area (Å²) in [4.78, 5) is 32.0. The number of anilines is 2. The quantitative estimate of drug-likeness (QED) is 0.121. The van der Waals surface area contributed by atoms with Gasteiger partial charge in [0.05, 0.1) is 18.7 Å². The highest BCUT2D eigenvalue weighted by molar-refractivity contribution is 7.10. The Morgan fingerprint density at radius 3 is 2.11 bits per heavy atom. The van der Waals surface area contributed by atoms with Crippen LogP contribution in [0.2, 0.25) is 0 Å². The fraction of sp³-hybridized carbons (Fsp3) is 0.378. The summed E-state index contributed by atoms with van der Waals surface area (Å²) >= 11 is 1.47. The van der Waals surface area contributed by atoms with E-state index in [0.29, 0.717) is 23.2 Å². The molecule has 0 saturated heterocycles. The Morgan fingerprint density at radius 2 is 1.51 bits per heavy atom. The molecule has 7 nitrogen and oxygen atoms in total. The van der Waals surface area contributed by atoms with Crippen molar-refractivity contribution in [2.24, 2.45) is 0 Å². The summed E-state index contributed by atoms with van der Waals surface area (Å²) in [7, 11) is 0. The standard InChI is InChI=1S/C37H45N3O4S/c1-5-9-28(10-6-2)29-17-19-32(20-18-29)40(26(3)4)22-27-13-15-30(16-14-27)33-25-45-35(38-33)23-39(24-37(43)44)34-12-8-7-11-31(34)21-36(41)42/h7-8,11-20,25-26,28H,5-6,9-10,21-24H2,1-4H3,(H,41,42)(H,43,44). The molecule has 3 aromatic carbocycles. The minimum atomic E-state index is -0.990. The number of carbonyl (C=O) groups is 2. The van der Waals surface area contributed by atoms with E-state index in [1.165, 1.54) is 53.8 Å². The van der Waals surface area contributed by atoms with Crippen molar-refractivity contribution >= 4 is 34.7 Å². The molecule has 2 N–H and O–H groups in total. The molecule has 1 heterocycles. The first-order valence-electron chi connectivity index (χ1n) is 15.8. The van der Waals surface area contributed by atoms with Crippen LogP contribution in [0.1, 0.15) is 81.0 Å². The second kappa shape index (κ2) is 16.2. The van der Waals surface area contributed by atoms with Crippen molar-refractivity contribution in [2.45, 2.75) is 84.8 Å². The molecule has 0 radical (unpaired) electrons. The van der Waals surface area contributed by atoms with Crippen molar-refractivity contribution in [1.82, 2.24) is 4.98 Å². The van der Waals surface area contributed by atoms with Gasteiger partial charge in [0.25, 0.3) is 0 Å². The number of thiazole rings is 1. The Hall–Kier alpha value is -4.17. The third-order valence-electron chi connectivity index (χ3n) is 8.07. The number of benzene rings is 3. The maximum absolute atomic E-state index is 11.7. The lowest BCUT2D eigenvalue weighted by Gasteiger charge is -2.30. The highest BCUT2D eigenvalue weighted by atomic mass is 32.1. The maximum atomic E-state index is 11.7. The van der Waals surface area contributed by atoms with Crippen LogP contribution in [0.5, 0.6) is 0 Å². The molecule has 8 heteroatoms. The van der Waals surface area contributed by atoms with Gasteiger partial charge < -0.3 is 20.0 Å². The lowest BCUT2D eigenvalue weighted by atomic mass is 9.90. The van der Waals surface area contributed by atoms with Crippen LogP contribution in [0.15, 0.2) is 78.2 Å². The topological polar surface area (TPSA) is 94.0 Å². The molecule has 0 unspecified atom stereocenters. The smallest absolute Gasteiger partial charge is 0.323 e. The predicted molar refractivity (Wildman–Crippen MR) is 184 cm³/mol. The third-order valence-corrected chi connectivity index (χ3v) is 8.91. The fourth-order valence-corrected chi connectivity index (χ4v) is 6.68. The minimum absolute atomic E-state index is 0.181. The second-order valence-corrected chi connectivity index (χ2v) is 12.8. The van der Waals surface area contributed by atoms with Crippen molar-refractivity contribution in [3.63, 3.8) is 0 Å². The first-order valence-corrected chi connectivity index (χ1v) is 16.7.